The van der Waals surface area contributed by atoms with Crippen LogP contribution in [0.1, 0.15) is 31.0 Å². The molecule has 0 aliphatic rings. The van der Waals surface area contributed by atoms with E-state index >= 15 is 0 Å². The van der Waals surface area contributed by atoms with Gasteiger partial charge in [-0.1, -0.05) is 55.9 Å². The molecule has 108 valence electrons. The van der Waals surface area contributed by atoms with Crippen molar-refractivity contribution < 1.29 is 0 Å². The lowest BCUT2D eigenvalue weighted by Gasteiger charge is -2.09. The van der Waals surface area contributed by atoms with E-state index in [1.807, 2.05) is 22.6 Å². The first-order valence-electron chi connectivity index (χ1n) is 6.80. The summed E-state index contributed by atoms with van der Waals surface area (Å²) in [6, 6.07) is 11.8. The molecular formula is C15H16N4OS. The maximum Gasteiger partial charge on any atom is 0.252 e. The molecule has 3 rings (SSSR count). The Bertz CT molecular complexity index is 807. The quantitative estimate of drug-likeness (QED) is 0.753. The molecule has 3 aromatic rings. The van der Waals surface area contributed by atoms with Crippen LogP contribution in [0.2, 0.25) is 0 Å². The summed E-state index contributed by atoms with van der Waals surface area (Å²) in [5, 5.41) is 9.07. The van der Waals surface area contributed by atoms with Crippen molar-refractivity contribution in [1.29, 1.82) is 0 Å². The second-order valence-corrected chi connectivity index (χ2v) is 6.07. The van der Waals surface area contributed by atoms with Crippen LogP contribution in [-0.2, 0) is 5.75 Å². The average molecular weight is 300 g/mol. The molecule has 0 fully saturated rings. The van der Waals surface area contributed by atoms with Crippen molar-refractivity contribution in [1.82, 2.24) is 19.6 Å². The monoisotopic (exact) mass is 300 g/mol. The van der Waals surface area contributed by atoms with Gasteiger partial charge in [-0.15, -0.1) is 10.2 Å². The predicted octanol–water partition coefficient (Wildman–Crippen LogP) is 2.83. The Morgan fingerprint density at radius 1 is 1.24 bits per heavy atom. The van der Waals surface area contributed by atoms with Gasteiger partial charge in [0.2, 0.25) is 5.78 Å². The number of hydrogen-bond acceptors (Lipinski definition) is 4. The summed E-state index contributed by atoms with van der Waals surface area (Å²) >= 11 is 1.61. The number of hydrogen-bond donors (Lipinski definition) is 1. The Kier molecular flexibility index (Phi) is 3.79. The minimum atomic E-state index is -0.141. The number of rotatable bonds is 4. The molecule has 0 amide bonds. The van der Waals surface area contributed by atoms with Gasteiger partial charge in [0.15, 0.2) is 5.16 Å². The number of aromatic nitrogens is 4. The number of H-pyrrole nitrogens is 1. The average Bonchev–Trinajstić information content (AvgIpc) is 2.88. The highest BCUT2D eigenvalue weighted by Gasteiger charge is 2.14. The van der Waals surface area contributed by atoms with Crippen molar-refractivity contribution in [2.24, 2.45) is 0 Å². The molecule has 0 aliphatic carbocycles. The van der Waals surface area contributed by atoms with Gasteiger partial charge in [0.05, 0.1) is 0 Å². The first-order valence-corrected chi connectivity index (χ1v) is 7.79. The zero-order chi connectivity index (χ0) is 14.8. The molecule has 0 saturated heterocycles. The fourth-order valence-electron chi connectivity index (χ4n) is 2.17. The minimum absolute atomic E-state index is 0.141. The highest BCUT2D eigenvalue weighted by Crippen LogP contribution is 2.24. The number of thioether (sulfide) groups is 1. The third-order valence-electron chi connectivity index (χ3n) is 3.21. The lowest BCUT2D eigenvalue weighted by molar-refractivity contribution is 0.754. The highest BCUT2D eigenvalue weighted by molar-refractivity contribution is 7.98. The van der Waals surface area contributed by atoms with Crippen LogP contribution in [0.15, 0.2) is 46.3 Å². The summed E-state index contributed by atoms with van der Waals surface area (Å²) in [7, 11) is 0. The Labute approximate surface area is 126 Å². The van der Waals surface area contributed by atoms with Crippen molar-refractivity contribution in [3.63, 3.8) is 0 Å². The Morgan fingerprint density at radius 2 is 2.00 bits per heavy atom. The molecule has 0 radical (unpaired) electrons. The van der Waals surface area contributed by atoms with Crippen LogP contribution in [0.5, 0.6) is 0 Å². The lowest BCUT2D eigenvalue weighted by Crippen LogP contribution is -2.12. The van der Waals surface area contributed by atoms with Crippen LogP contribution in [0, 0.1) is 0 Å². The van der Waals surface area contributed by atoms with E-state index < -0.39 is 0 Å². The van der Waals surface area contributed by atoms with Crippen LogP contribution >= 0.6 is 11.8 Å². The van der Waals surface area contributed by atoms with E-state index in [0.29, 0.717) is 5.78 Å². The Balaban J connectivity index is 1.98. The smallest absolute Gasteiger partial charge is 0.252 e. The van der Waals surface area contributed by atoms with Gasteiger partial charge in [-0.3, -0.25) is 14.2 Å². The number of fused-ring (bicyclic) bond motifs is 1. The maximum atomic E-state index is 11.7. The van der Waals surface area contributed by atoms with Crippen LogP contribution in [-0.4, -0.2) is 19.6 Å². The maximum absolute atomic E-state index is 11.7. The van der Waals surface area contributed by atoms with E-state index in [1.54, 1.807) is 17.8 Å². The van der Waals surface area contributed by atoms with Gasteiger partial charge in [-0.2, -0.15) is 0 Å². The molecule has 1 N–H and O–H groups in total. The van der Waals surface area contributed by atoms with Crippen molar-refractivity contribution in [2.75, 3.05) is 0 Å². The fourth-order valence-corrected chi connectivity index (χ4v) is 3.08. The van der Waals surface area contributed by atoms with Gasteiger partial charge in [-0.25, -0.2) is 0 Å². The molecule has 0 saturated carbocycles. The van der Waals surface area contributed by atoms with Gasteiger partial charge in [0, 0.05) is 17.5 Å². The van der Waals surface area contributed by atoms with E-state index in [0.717, 1.165) is 16.6 Å². The second kappa shape index (κ2) is 5.73. The molecule has 2 aromatic heterocycles. The molecule has 6 heteroatoms. The van der Waals surface area contributed by atoms with E-state index in [4.69, 9.17) is 0 Å². The molecule has 5 nitrogen and oxygen atoms in total. The SMILES string of the molecule is CC(C)c1cc(=O)[nH]c2nnc(SCc3ccccc3)n12. The van der Waals surface area contributed by atoms with Crippen molar-refractivity contribution in [3.8, 4) is 0 Å². The van der Waals surface area contributed by atoms with E-state index in [2.05, 4.69) is 41.2 Å². The van der Waals surface area contributed by atoms with E-state index in [1.165, 1.54) is 5.56 Å². The molecule has 0 bridgehead atoms. The van der Waals surface area contributed by atoms with Gasteiger partial charge in [0.25, 0.3) is 5.56 Å². The summed E-state index contributed by atoms with van der Waals surface area (Å²) < 4.78 is 1.93. The molecule has 0 spiro atoms. The molecule has 0 unspecified atom stereocenters. The third kappa shape index (κ3) is 2.85. The molecule has 21 heavy (non-hydrogen) atoms. The van der Waals surface area contributed by atoms with Crippen molar-refractivity contribution in [3.05, 3.63) is 58.0 Å². The summed E-state index contributed by atoms with van der Waals surface area (Å²) in [4.78, 5) is 14.4. The van der Waals surface area contributed by atoms with Crippen LogP contribution < -0.4 is 5.56 Å². The van der Waals surface area contributed by atoms with Crippen LogP contribution in [0.3, 0.4) is 0 Å². The minimum Gasteiger partial charge on any atom is -0.291 e. The second-order valence-electron chi connectivity index (χ2n) is 5.13. The Morgan fingerprint density at radius 3 is 2.71 bits per heavy atom. The zero-order valence-corrected chi connectivity index (χ0v) is 12.7. The van der Waals surface area contributed by atoms with Crippen molar-refractivity contribution in [2.45, 2.75) is 30.7 Å². The van der Waals surface area contributed by atoms with Gasteiger partial charge in [0.1, 0.15) is 0 Å². The lowest BCUT2D eigenvalue weighted by atomic mass is 10.1. The molecule has 2 heterocycles. The Hall–Kier alpha value is -2.08. The first kappa shape index (κ1) is 13.9. The predicted molar refractivity (Wildman–Crippen MR) is 83.7 cm³/mol. The normalized spacial score (nSPS) is 11.4. The number of benzene rings is 1. The molecular weight excluding hydrogens is 284 g/mol. The summed E-state index contributed by atoms with van der Waals surface area (Å²) in [5.41, 5.74) is 2.02. The van der Waals surface area contributed by atoms with E-state index in [-0.39, 0.29) is 11.5 Å². The fraction of sp³-hybridized carbons (Fsp3) is 0.267. The zero-order valence-electron chi connectivity index (χ0n) is 11.9. The summed E-state index contributed by atoms with van der Waals surface area (Å²) in [5.74, 6) is 1.54. The van der Waals surface area contributed by atoms with Gasteiger partial charge in [-0.05, 0) is 11.5 Å². The van der Waals surface area contributed by atoms with Crippen LogP contribution in [0.25, 0.3) is 5.78 Å². The molecule has 0 atom stereocenters. The topological polar surface area (TPSA) is 63.0 Å². The molecule has 1 aromatic carbocycles. The largest absolute Gasteiger partial charge is 0.291 e. The first-order chi connectivity index (χ1) is 10.1. The third-order valence-corrected chi connectivity index (χ3v) is 4.21. The van der Waals surface area contributed by atoms with E-state index in [9.17, 15) is 4.79 Å². The molecule has 0 aliphatic heterocycles. The van der Waals surface area contributed by atoms with Crippen molar-refractivity contribution >= 4 is 17.5 Å². The van der Waals surface area contributed by atoms with Gasteiger partial charge < -0.3 is 0 Å². The highest BCUT2D eigenvalue weighted by atomic mass is 32.2. The number of nitrogens with one attached hydrogen (secondary N) is 1. The number of nitrogens with zero attached hydrogens (tertiary/aromatic N) is 3. The number of aromatic amines is 1. The van der Waals surface area contributed by atoms with Gasteiger partial charge >= 0.3 is 0 Å². The van der Waals surface area contributed by atoms with Crippen LogP contribution in [0.4, 0.5) is 0 Å². The summed E-state index contributed by atoms with van der Waals surface area (Å²) in [6.45, 7) is 4.11. The summed E-state index contributed by atoms with van der Waals surface area (Å²) in [6.07, 6.45) is 0. The standard InChI is InChI=1S/C15H16N4OS/c1-10(2)12-8-13(20)16-14-17-18-15(19(12)14)21-9-11-6-4-3-5-7-11/h3-8,10H,9H2,1-2H3,(H,16,17,20).